The van der Waals surface area contributed by atoms with E-state index in [4.69, 9.17) is 9.84 Å². The van der Waals surface area contributed by atoms with Crippen LogP contribution in [-0.2, 0) is 9.53 Å². The van der Waals surface area contributed by atoms with Gasteiger partial charge in [-0.15, -0.1) is 0 Å². The number of ether oxygens (including phenoxy) is 1. The molecule has 0 aliphatic heterocycles. The molecule has 0 aliphatic rings. The van der Waals surface area contributed by atoms with E-state index >= 15 is 0 Å². The first-order valence-electron chi connectivity index (χ1n) is 3.88. The topological polar surface area (TPSA) is 46.5 Å². The molecule has 1 N–H and O–H groups in total. The van der Waals surface area contributed by atoms with Gasteiger partial charge in [0.2, 0.25) is 0 Å². The van der Waals surface area contributed by atoms with Crippen LogP contribution in [0.25, 0.3) is 0 Å². The van der Waals surface area contributed by atoms with Crippen molar-refractivity contribution in [3.05, 3.63) is 0 Å². The van der Waals surface area contributed by atoms with E-state index in [1.54, 1.807) is 6.92 Å². The number of aliphatic hydroxyl groups excluding tert-OH is 1. The Bertz CT molecular complexity index is 110. The molecule has 1 unspecified atom stereocenters. The zero-order chi connectivity index (χ0) is 8.69. The molecule has 0 aliphatic carbocycles. The summed E-state index contributed by atoms with van der Waals surface area (Å²) >= 11 is 0. The molecule has 1 atom stereocenters. The minimum absolute atomic E-state index is 0.141. The van der Waals surface area contributed by atoms with Crippen LogP contribution >= 0.6 is 0 Å². The van der Waals surface area contributed by atoms with E-state index in [1.807, 2.05) is 0 Å². The van der Waals surface area contributed by atoms with Crippen molar-refractivity contribution in [2.24, 2.45) is 0 Å². The maximum Gasteiger partial charge on any atom is 0.132 e. The molecule has 66 valence electrons. The summed E-state index contributed by atoms with van der Waals surface area (Å²) in [5.74, 6) is 0.141. The minimum atomic E-state index is -0.313. The molecule has 3 heteroatoms. The summed E-state index contributed by atoms with van der Waals surface area (Å²) in [7, 11) is 0. The summed E-state index contributed by atoms with van der Waals surface area (Å²) in [5, 5.41) is 8.81. The molecule has 0 saturated heterocycles. The maximum absolute atomic E-state index is 10.4. The molecular weight excluding hydrogens is 144 g/mol. The highest BCUT2D eigenvalue weighted by Crippen LogP contribution is 1.91. The van der Waals surface area contributed by atoms with E-state index in [0.29, 0.717) is 26.1 Å². The molecular formula is C8H16O3. The highest BCUT2D eigenvalue weighted by Gasteiger charge is 1.96. The van der Waals surface area contributed by atoms with Crippen molar-refractivity contribution >= 4 is 5.78 Å². The van der Waals surface area contributed by atoms with Crippen LogP contribution in [0.1, 0.15) is 26.7 Å². The van der Waals surface area contributed by atoms with Crippen molar-refractivity contribution in [2.45, 2.75) is 32.8 Å². The fourth-order valence-corrected chi connectivity index (χ4v) is 0.572. The Morgan fingerprint density at radius 1 is 1.55 bits per heavy atom. The average Bonchev–Trinajstić information content (AvgIpc) is 1.85. The van der Waals surface area contributed by atoms with Crippen molar-refractivity contribution in [1.29, 1.82) is 0 Å². The quantitative estimate of drug-likeness (QED) is 0.583. The molecule has 0 aromatic carbocycles. The Morgan fingerprint density at radius 3 is 2.64 bits per heavy atom. The maximum atomic E-state index is 10.4. The number of carbonyl (C=O) groups is 1. The average molecular weight is 160 g/mol. The summed E-state index contributed by atoms with van der Waals surface area (Å²) < 4.78 is 5.07. The summed E-state index contributed by atoms with van der Waals surface area (Å²) in [6, 6.07) is 0. The van der Waals surface area contributed by atoms with Gasteiger partial charge in [-0.1, -0.05) is 0 Å². The zero-order valence-electron chi connectivity index (χ0n) is 7.17. The van der Waals surface area contributed by atoms with Crippen molar-refractivity contribution in [3.8, 4) is 0 Å². The van der Waals surface area contributed by atoms with Gasteiger partial charge in [-0.2, -0.15) is 0 Å². The van der Waals surface area contributed by atoms with Crippen LogP contribution in [0.4, 0.5) is 0 Å². The fraction of sp³-hybridized carbons (Fsp3) is 0.875. The third kappa shape index (κ3) is 9.59. The largest absolute Gasteiger partial charge is 0.393 e. The number of rotatable bonds is 6. The summed E-state index contributed by atoms with van der Waals surface area (Å²) in [4.78, 5) is 10.4. The van der Waals surface area contributed by atoms with E-state index in [0.717, 1.165) is 0 Å². The predicted octanol–water partition coefficient (Wildman–Crippen LogP) is 0.753. The van der Waals surface area contributed by atoms with Gasteiger partial charge in [-0.05, 0) is 20.3 Å². The Labute approximate surface area is 67.4 Å². The standard InChI is InChI=1S/C8H16O3/c1-7(9)3-5-11-6-4-8(2)10/h7,9H,3-6H2,1-2H3. The van der Waals surface area contributed by atoms with Gasteiger partial charge in [-0.3, -0.25) is 4.79 Å². The van der Waals surface area contributed by atoms with Crippen LogP contribution in [0.2, 0.25) is 0 Å². The van der Waals surface area contributed by atoms with Crippen molar-refractivity contribution in [1.82, 2.24) is 0 Å². The van der Waals surface area contributed by atoms with E-state index < -0.39 is 0 Å². The normalized spacial score (nSPS) is 13.0. The third-order valence-electron chi connectivity index (χ3n) is 1.28. The van der Waals surface area contributed by atoms with Crippen molar-refractivity contribution < 1.29 is 14.6 Å². The first kappa shape index (κ1) is 10.6. The second-order valence-electron chi connectivity index (χ2n) is 2.70. The Morgan fingerprint density at radius 2 is 2.18 bits per heavy atom. The third-order valence-corrected chi connectivity index (χ3v) is 1.28. The van der Waals surface area contributed by atoms with Crippen LogP contribution in [-0.4, -0.2) is 30.2 Å². The predicted molar refractivity (Wildman–Crippen MR) is 42.4 cm³/mol. The Kier molecular flexibility index (Phi) is 6.07. The van der Waals surface area contributed by atoms with E-state index in [2.05, 4.69) is 0 Å². The number of hydrogen-bond acceptors (Lipinski definition) is 3. The number of ketones is 1. The lowest BCUT2D eigenvalue weighted by atomic mass is 10.3. The van der Waals surface area contributed by atoms with Gasteiger partial charge in [0.1, 0.15) is 5.78 Å². The Hall–Kier alpha value is -0.410. The number of aliphatic hydroxyl groups is 1. The monoisotopic (exact) mass is 160 g/mol. The van der Waals surface area contributed by atoms with Gasteiger partial charge in [0.05, 0.1) is 12.7 Å². The first-order valence-corrected chi connectivity index (χ1v) is 3.88. The van der Waals surface area contributed by atoms with Crippen molar-refractivity contribution in [3.63, 3.8) is 0 Å². The zero-order valence-corrected chi connectivity index (χ0v) is 7.17. The summed E-state index contributed by atoms with van der Waals surface area (Å²) in [6.45, 7) is 4.26. The lowest BCUT2D eigenvalue weighted by Crippen LogP contribution is -2.07. The first-order chi connectivity index (χ1) is 5.13. The molecule has 0 radical (unpaired) electrons. The molecule has 0 aromatic rings. The molecule has 0 saturated carbocycles. The van der Waals surface area contributed by atoms with Crippen LogP contribution < -0.4 is 0 Å². The van der Waals surface area contributed by atoms with Crippen LogP contribution in [0.5, 0.6) is 0 Å². The molecule has 0 spiro atoms. The number of Topliss-reactive ketones (excluding diaryl/α,β-unsaturated/α-hetero) is 1. The second-order valence-corrected chi connectivity index (χ2v) is 2.70. The summed E-state index contributed by atoms with van der Waals surface area (Å²) in [5.41, 5.74) is 0. The van der Waals surface area contributed by atoms with Gasteiger partial charge in [0.15, 0.2) is 0 Å². The van der Waals surface area contributed by atoms with Crippen LogP contribution in [0.3, 0.4) is 0 Å². The molecule has 0 amide bonds. The van der Waals surface area contributed by atoms with Crippen molar-refractivity contribution in [2.75, 3.05) is 13.2 Å². The van der Waals surface area contributed by atoms with Gasteiger partial charge in [-0.25, -0.2) is 0 Å². The Balaban J connectivity index is 2.97. The summed E-state index contributed by atoms with van der Waals surface area (Å²) in [6.07, 6.45) is 0.796. The van der Waals surface area contributed by atoms with Crippen LogP contribution in [0, 0.1) is 0 Å². The SMILES string of the molecule is CC(=O)CCOCCC(C)O. The van der Waals surface area contributed by atoms with E-state index in [1.165, 1.54) is 6.92 Å². The van der Waals surface area contributed by atoms with Gasteiger partial charge in [0, 0.05) is 13.0 Å². The lowest BCUT2D eigenvalue weighted by molar-refractivity contribution is -0.118. The van der Waals surface area contributed by atoms with Gasteiger partial charge >= 0.3 is 0 Å². The molecule has 0 heterocycles. The van der Waals surface area contributed by atoms with Gasteiger partial charge in [0.25, 0.3) is 0 Å². The fourth-order valence-electron chi connectivity index (χ4n) is 0.572. The molecule has 3 nitrogen and oxygen atoms in total. The molecule has 0 aromatic heterocycles. The highest BCUT2D eigenvalue weighted by molar-refractivity contribution is 5.75. The second kappa shape index (κ2) is 6.31. The molecule has 0 bridgehead atoms. The minimum Gasteiger partial charge on any atom is -0.393 e. The number of carbonyl (C=O) groups excluding carboxylic acids is 1. The van der Waals surface area contributed by atoms with Gasteiger partial charge < -0.3 is 9.84 Å². The molecule has 0 fully saturated rings. The van der Waals surface area contributed by atoms with E-state index in [-0.39, 0.29) is 11.9 Å². The number of hydrogen-bond donors (Lipinski definition) is 1. The highest BCUT2D eigenvalue weighted by atomic mass is 16.5. The van der Waals surface area contributed by atoms with E-state index in [9.17, 15) is 4.79 Å². The smallest absolute Gasteiger partial charge is 0.132 e. The molecule has 0 rings (SSSR count). The van der Waals surface area contributed by atoms with Crippen LogP contribution in [0.15, 0.2) is 0 Å². The lowest BCUT2D eigenvalue weighted by Gasteiger charge is -2.03. The molecule has 11 heavy (non-hydrogen) atoms.